The Morgan fingerprint density at radius 2 is 1.40 bits per heavy atom. The Bertz CT molecular complexity index is 1920. The summed E-state index contributed by atoms with van der Waals surface area (Å²) >= 11 is 0. The summed E-state index contributed by atoms with van der Waals surface area (Å²) in [5, 5.41) is 7.07. The smallest absolute Gasteiger partial charge is 0.307 e. The van der Waals surface area contributed by atoms with Crippen LogP contribution >= 0.6 is 0 Å². The van der Waals surface area contributed by atoms with Gasteiger partial charge in [0.25, 0.3) is 5.56 Å². The van der Waals surface area contributed by atoms with Gasteiger partial charge < -0.3 is 15.5 Å². The van der Waals surface area contributed by atoms with Crippen molar-refractivity contribution >= 4 is 28.4 Å². The van der Waals surface area contributed by atoms with Gasteiger partial charge in [-0.15, -0.1) is 0 Å². The number of benzene rings is 3. The third-order valence-electron chi connectivity index (χ3n) is 9.61. The van der Waals surface area contributed by atoms with E-state index in [0.29, 0.717) is 17.8 Å². The van der Waals surface area contributed by atoms with E-state index < -0.39 is 6.03 Å². The molecule has 262 valence electrons. The van der Waals surface area contributed by atoms with E-state index in [1.807, 2.05) is 48.5 Å². The van der Waals surface area contributed by atoms with E-state index in [1.54, 1.807) is 10.8 Å². The largest absolute Gasteiger partial charge is 0.323 e. The Balaban J connectivity index is 1.58. The van der Waals surface area contributed by atoms with Crippen LogP contribution in [0.3, 0.4) is 0 Å². The Morgan fingerprint density at radius 1 is 0.760 bits per heavy atom. The number of carbonyl (C=O) groups excluding carboxylic acids is 1. The SMILES string of the molecule is CCN(CC)CCCc1cccc(-c2c(NC(=O)Nc3c(C(C)C)cccc3C(C)C)c(=O)n(CCCc3ccccc3)c3ncccc23)c1. The van der Waals surface area contributed by atoms with Crippen LogP contribution in [0.2, 0.25) is 0 Å². The lowest BCUT2D eigenvalue weighted by atomic mass is 9.93. The van der Waals surface area contributed by atoms with Crippen LogP contribution in [0.25, 0.3) is 22.2 Å². The zero-order valence-electron chi connectivity index (χ0n) is 30.6. The molecule has 50 heavy (non-hydrogen) atoms. The Morgan fingerprint density at radius 3 is 2.08 bits per heavy atom. The minimum atomic E-state index is -0.437. The standard InChI is InChI=1S/C43H53N5O2/c1-7-47(8-2)27-15-21-33-19-12-22-34(29-33)38-37-25-14-26-44-41(37)48(28-16-20-32-17-10-9-11-18-32)42(49)40(38)46-43(50)45-39-35(30(3)4)23-13-24-36(39)31(5)6/h9-14,17-19,22-26,29-31H,7-8,15-16,20-21,27-28H2,1-6H3,(H2,45,46,50). The van der Waals surface area contributed by atoms with Crippen molar-refractivity contribution < 1.29 is 4.79 Å². The summed E-state index contributed by atoms with van der Waals surface area (Å²) in [5.74, 6) is 0.412. The van der Waals surface area contributed by atoms with Gasteiger partial charge in [-0.25, -0.2) is 9.78 Å². The van der Waals surface area contributed by atoms with Gasteiger partial charge in [-0.2, -0.15) is 0 Å². The quantitative estimate of drug-likeness (QED) is 0.116. The molecule has 0 aliphatic carbocycles. The second-order valence-electron chi connectivity index (χ2n) is 13.7. The van der Waals surface area contributed by atoms with Gasteiger partial charge in [0.05, 0.1) is 0 Å². The lowest BCUT2D eigenvalue weighted by Gasteiger charge is -2.22. The van der Waals surface area contributed by atoms with Crippen LogP contribution < -0.4 is 16.2 Å². The van der Waals surface area contributed by atoms with Gasteiger partial charge in [-0.3, -0.25) is 9.36 Å². The van der Waals surface area contributed by atoms with E-state index in [9.17, 15) is 9.59 Å². The second-order valence-corrected chi connectivity index (χ2v) is 13.7. The minimum absolute atomic E-state index is 0.206. The number of amides is 2. The molecule has 0 saturated carbocycles. The molecule has 5 rings (SSSR count). The number of hydrogen-bond acceptors (Lipinski definition) is 4. The average molecular weight is 672 g/mol. The maximum Gasteiger partial charge on any atom is 0.323 e. The molecule has 0 bridgehead atoms. The molecule has 3 aromatic carbocycles. The summed E-state index contributed by atoms with van der Waals surface area (Å²) in [4.78, 5) is 35.9. The lowest BCUT2D eigenvalue weighted by Crippen LogP contribution is -2.30. The molecular weight excluding hydrogens is 619 g/mol. The highest BCUT2D eigenvalue weighted by Gasteiger charge is 2.23. The van der Waals surface area contributed by atoms with Crippen LogP contribution in [0, 0.1) is 0 Å². The Hall–Kier alpha value is -4.75. The van der Waals surface area contributed by atoms with Crippen LogP contribution in [0.4, 0.5) is 16.2 Å². The van der Waals surface area contributed by atoms with Crippen molar-refractivity contribution in [1.82, 2.24) is 14.5 Å². The van der Waals surface area contributed by atoms with Crippen molar-refractivity contribution in [3.05, 3.63) is 124 Å². The fourth-order valence-electron chi connectivity index (χ4n) is 6.87. The Kier molecular flexibility index (Phi) is 12.6. The maximum atomic E-state index is 14.6. The van der Waals surface area contributed by atoms with Gasteiger partial charge in [-0.1, -0.05) is 114 Å². The van der Waals surface area contributed by atoms with Gasteiger partial charge in [0.2, 0.25) is 0 Å². The molecule has 0 atom stereocenters. The van der Waals surface area contributed by atoms with Gasteiger partial charge >= 0.3 is 6.03 Å². The molecule has 0 radical (unpaired) electrons. The highest BCUT2D eigenvalue weighted by Crippen LogP contribution is 2.35. The summed E-state index contributed by atoms with van der Waals surface area (Å²) in [6.45, 7) is 16.5. The van der Waals surface area contributed by atoms with E-state index in [2.05, 4.69) is 93.5 Å². The number of pyridine rings is 2. The summed E-state index contributed by atoms with van der Waals surface area (Å²) in [6.07, 6.45) is 5.27. The summed E-state index contributed by atoms with van der Waals surface area (Å²) in [7, 11) is 0. The first-order chi connectivity index (χ1) is 24.2. The highest BCUT2D eigenvalue weighted by atomic mass is 16.2. The number of hydrogen-bond donors (Lipinski definition) is 2. The zero-order valence-corrected chi connectivity index (χ0v) is 30.6. The first-order valence-corrected chi connectivity index (χ1v) is 18.3. The maximum absolute atomic E-state index is 14.6. The molecule has 7 nitrogen and oxygen atoms in total. The number of aryl methyl sites for hydroxylation is 3. The number of aromatic nitrogens is 2. The number of para-hydroxylation sites is 1. The fourth-order valence-corrected chi connectivity index (χ4v) is 6.87. The number of rotatable bonds is 15. The third-order valence-corrected chi connectivity index (χ3v) is 9.61. The molecule has 2 heterocycles. The molecular formula is C43H53N5O2. The van der Waals surface area contributed by atoms with Gasteiger partial charge in [-0.05, 0) is 97.1 Å². The van der Waals surface area contributed by atoms with Crippen molar-refractivity contribution in [3.63, 3.8) is 0 Å². The third kappa shape index (κ3) is 8.69. The van der Waals surface area contributed by atoms with Crippen LogP contribution in [0.5, 0.6) is 0 Å². The highest BCUT2D eigenvalue weighted by molar-refractivity contribution is 6.07. The van der Waals surface area contributed by atoms with Crippen molar-refractivity contribution in [2.45, 2.75) is 85.6 Å². The van der Waals surface area contributed by atoms with E-state index in [1.165, 1.54) is 11.1 Å². The van der Waals surface area contributed by atoms with Gasteiger partial charge in [0, 0.05) is 29.4 Å². The van der Waals surface area contributed by atoms with Crippen molar-refractivity contribution in [2.24, 2.45) is 0 Å². The molecule has 2 N–H and O–H groups in total. The van der Waals surface area contributed by atoms with E-state index in [0.717, 1.165) is 73.1 Å². The zero-order chi connectivity index (χ0) is 35.6. The summed E-state index contributed by atoms with van der Waals surface area (Å²) < 4.78 is 1.73. The molecule has 0 unspecified atom stereocenters. The predicted octanol–water partition coefficient (Wildman–Crippen LogP) is 9.86. The molecule has 7 heteroatoms. The molecule has 0 fully saturated rings. The van der Waals surface area contributed by atoms with E-state index >= 15 is 0 Å². The summed E-state index contributed by atoms with van der Waals surface area (Å²) in [6, 6.07) is 28.3. The monoisotopic (exact) mass is 671 g/mol. The number of fused-ring (bicyclic) bond motifs is 1. The van der Waals surface area contributed by atoms with E-state index in [4.69, 9.17) is 4.98 Å². The molecule has 2 aromatic heterocycles. The predicted molar refractivity (Wildman–Crippen MR) is 210 cm³/mol. The van der Waals surface area contributed by atoms with Crippen molar-refractivity contribution in [3.8, 4) is 11.1 Å². The van der Waals surface area contributed by atoms with Crippen LogP contribution in [0.15, 0.2) is 95.9 Å². The van der Waals surface area contributed by atoms with Crippen LogP contribution in [-0.2, 0) is 19.4 Å². The molecule has 0 spiro atoms. The molecule has 0 aliphatic rings. The number of nitrogens with one attached hydrogen (secondary N) is 2. The number of carbonyl (C=O) groups is 1. The van der Waals surface area contributed by atoms with Crippen LogP contribution in [-0.4, -0.2) is 40.1 Å². The van der Waals surface area contributed by atoms with Crippen LogP contribution in [0.1, 0.15) is 88.5 Å². The topological polar surface area (TPSA) is 79.3 Å². The first-order valence-electron chi connectivity index (χ1n) is 18.3. The van der Waals surface area contributed by atoms with Crippen molar-refractivity contribution in [2.75, 3.05) is 30.3 Å². The average Bonchev–Trinajstić information content (AvgIpc) is 3.12. The van der Waals surface area contributed by atoms with Crippen molar-refractivity contribution in [1.29, 1.82) is 0 Å². The number of urea groups is 1. The first kappa shape index (κ1) is 36.5. The Labute approximate surface area is 297 Å². The number of nitrogens with zero attached hydrogens (tertiary/aromatic N) is 3. The van der Waals surface area contributed by atoms with E-state index in [-0.39, 0.29) is 23.1 Å². The van der Waals surface area contributed by atoms with Gasteiger partial charge in [0.1, 0.15) is 11.3 Å². The molecule has 0 saturated heterocycles. The fraction of sp³-hybridized carbons (Fsp3) is 0.372. The molecule has 0 aliphatic heterocycles. The molecule has 5 aromatic rings. The number of anilines is 2. The second kappa shape index (κ2) is 17.3. The van der Waals surface area contributed by atoms with Gasteiger partial charge in [0.15, 0.2) is 0 Å². The molecule has 2 amide bonds. The minimum Gasteiger partial charge on any atom is -0.307 e. The lowest BCUT2D eigenvalue weighted by molar-refractivity contribution is 0.262. The summed E-state index contributed by atoms with van der Waals surface area (Å²) in [5.41, 5.74) is 7.53. The normalized spacial score (nSPS) is 11.5.